The lowest BCUT2D eigenvalue weighted by Crippen LogP contribution is -2.37. The smallest absolute Gasteiger partial charge is 0.241 e. The fraction of sp³-hybridized carbons (Fsp3) is 0.214. The molecule has 0 saturated carbocycles. The van der Waals surface area contributed by atoms with Crippen LogP contribution < -0.4 is 4.72 Å². The highest BCUT2D eigenvalue weighted by Gasteiger charge is 2.25. The Bertz CT molecular complexity index is 882. The number of nitrogens with zero attached hydrogens (tertiary/aromatic N) is 3. The predicted molar refractivity (Wildman–Crippen MR) is 82.9 cm³/mol. The molecule has 2 heterocycles. The van der Waals surface area contributed by atoms with Crippen LogP contribution in [-0.2, 0) is 27.9 Å². The van der Waals surface area contributed by atoms with Gasteiger partial charge in [-0.3, -0.25) is 4.79 Å². The largest absolute Gasteiger partial charge is 0.331 e. The van der Waals surface area contributed by atoms with E-state index in [1.165, 1.54) is 11.2 Å². The molecular weight excluding hydrogens is 359 g/mol. The van der Waals surface area contributed by atoms with E-state index < -0.39 is 28.3 Å². The molecule has 0 spiro atoms. The Morgan fingerprint density at radius 3 is 2.88 bits per heavy atom. The van der Waals surface area contributed by atoms with E-state index >= 15 is 0 Å². The standard InChI is InChI=1S/C14H12ClFN4O3S/c15-11-3-10(1-2-12(11)16)24(22,23)19-5-14(21)20-6-9-4-17-8-18-13(9)7-20/h1-4,8,19H,5-7H2. The number of nitrogens with one attached hydrogen (secondary N) is 1. The van der Waals surface area contributed by atoms with Crippen molar-refractivity contribution in [3.63, 3.8) is 0 Å². The Morgan fingerprint density at radius 1 is 1.38 bits per heavy atom. The molecule has 0 fully saturated rings. The molecule has 1 aromatic carbocycles. The highest BCUT2D eigenvalue weighted by atomic mass is 35.5. The molecule has 1 aliphatic heterocycles. The third-order valence-corrected chi connectivity index (χ3v) is 5.24. The highest BCUT2D eigenvalue weighted by Crippen LogP contribution is 2.20. The number of benzene rings is 1. The van der Waals surface area contributed by atoms with Crippen LogP contribution in [0.25, 0.3) is 0 Å². The Balaban J connectivity index is 1.65. The van der Waals surface area contributed by atoms with Gasteiger partial charge >= 0.3 is 0 Å². The monoisotopic (exact) mass is 370 g/mol. The maximum absolute atomic E-state index is 13.1. The molecule has 1 amide bonds. The molecule has 0 aliphatic carbocycles. The van der Waals surface area contributed by atoms with E-state index in [-0.39, 0.29) is 9.92 Å². The van der Waals surface area contributed by atoms with Gasteiger partial charge in [0.1, 0.15) is 12.1 Å². The topological polar surface area (TPSA) is 92.3 Å². The van der Waals surface area contributed by atoms with Crippen molar-refractivity contribution in [3.05, 3.63) is 52.8 Å². The third kappa shape index (κ3) is 3.37. The lowest BCUT2D eigenvalue weighted by Gasteiger charge is -2.15. The maximum Gasteiger partial charge on any atom is 0.241 e. The van der Waals surface area contributed by atoms with Crippen molar-refractivity contribution < 1.29 is 17.6 Å². The molecule has 126 valence electrons. The van der Waals surface area contributed by atoms with E-state index in [1.807, 2.05) is 0 Å². The van der Waals surface area contributed by atoms with E-state index in [4.69, 9.17) is 11.6 Å². The van der Waals surface area contributed by atoms with Crippen LogP contribution in [0.3, 0.4) is 0 Å². The summed E-state index contributed by atoms with van der Waals surface area (Å²) < 4.78 is 39.6. The zero-order valence-electron chi connectivity index (χ0n) is 12.2. The van der Waals surface area contributed by atoms with Gasteiger partial charge in [0.25, 0.3) is 0 Å². The first-order chi connectivity index (χ1) is 11.4. The van der Waals surface area contributed by atoms with Crippen LogP contribution in [0, 0.1) is 5.82 Å². The van der Waals surface area contributed by atoms with Crippen molar-refractivity contribution in [2.75, 3.05) is 6.54 Å². The number of carbonyl (C=O) groups is 1. The van der Waals surface area contributed by atoms with Gasteiger partial charge in [-0.2, -0.15) is 0 Å². The summed E-state index contributed by atoms with van der Waals surface area (Å²) in [5.74, 6) is -1.12. The molecular formula is C14H12ClFN4O3S. The van der Waals surface area contributed by atoms with E-state index in [1.54, 1.807) is 6.20 Å². The zero-order valence-corrected chi connectivity index (χ0v) is 13.8. The van der Waals surface area contributed by atoms with Gasteiger partial charge in [0, 0.05) is 18.3 Å². The average Bonchev–Trinajstić information content (AvgIpc) is 2.99. The van der Waals surface area contributed by atoms with E-state index in [0.29, 0.717) is 13.1 Å². The van der Waals surface area contributed by atoms with Gasteiger partial charge in [0.2, 0.25) is 15.9 Å². The average molecular weight is 371 g/mol. The van der Waals surface area contributed by atoms with E-state index in [9.17, 15) is 17.6 Å². The predicted octanol–water partition coefficient (Wildman–Crippen LogP) is 1.09. The van der Waals surface area contributed by atoms with Crippen LogP contribution in [0.2, 0.25) is 5.02 Å². The summed E-state index contributed by atoms with van der Waals surface area (Å²) in [5, 5.41) is -0.308. The molecule has 7 nitrogen and oxygen atoms in total. The normalized spacial score (nSPS) is 13.8. The van der Waals surface area contributed by atoms with Crippen LogP contribution >= 0.6 is 11.6 Å². The molecule has 0 unspecified atom stereocenters. The number of sulfonamides is 1. The number of halogens is 2. The minimum absolute atomic E-state index is 0.211. The van der Waals surface area contributed by atoms with Crippen LogP contribution in [0.15, 0.2) is 35.6 Å². The van der Waals surface area contributed by atoms with E-state index in [0.717, 1.165) is 29.5 Å². The first-order valence-electron chi connectivity index (χ1n) is 6.87. The van der Waals surface area contributed by atoms with Crippen molar-refractivity contribution >= 4 is 27.5 Å². The van der Waals surface area contributed by atoms with Crippen molar-refractivity contribution in [3.8, 4) is 0 Å². The van der Waals surface area contributed by atoms with Gasteiger partial charge in [-0.25, -0.2) is 27.5 Å². The van der Waals surface area contributed by atoms with Gasteiger partial charge in [-0.05, 0) is 18.2 Å². The van der Waals surface area contributed by atoms with Crippen LogP contribution in [-0.4, -0.2) is 35.7 Å². The Labute approximate surface area is 142 Å². The van der Waals surface area contributed by atoms with Gasteiger partial charge < -0.3 is 4.90 Å². The molecule has 24 heavy (non-hydrogen) atoms. The number of carbonyl (C=O) groups excluding carboxylic acids is 1. The molecule has 0 saturated heterocycles. The lowest BCUT2D eigenvalue weighted by atomic mass is 10.3. The fourth-order valence-electron chi connectivity index (χ4n) is 2.27. The van der Waals surface area contributed by atoms with Crippen molar-refractivity contribution in [1.29, 1.82) is 0 Å². The number of hydrogen-bond acceptors (Lipinski definition) is 5. The summed E-state index contributed by atoms with van der Waals surface area (Å²) in [7, 11) is -3.97. The van der Waals surface area contributed by atoms with Gasteiger partial charge in [0.15, 0.2) is 0 Å². The van der Waals surface area contributed by atoms with Crippen LogP contribution in [0.1, 0.15) is 11.3 Å². The number of aromatic nitrogens is 2. The second kappa shape index (κ2) is 6.42. The number of amides is 1. The highest BCUT2D eigenvalue weighted by molar-refractivity contribution is 7.89. The molecule has 1 aliphatic rings. The molecule has 0 atom stereocenters. The SMILES string of the molecule is O=C(CNS(=O)(=O)c1ccc(F)c(Cl)c1)N1Cc2cncnc2C1. The van der Waals surface area contributed by atoms with Gasteiger partial charge in [0.05, 0.1) is 28.7 Å². The molecule has 1 aromatic heterocycles. The van der Waals surface area contributed by atoms with Crippen molar-refractivity contribution in [2.45, 2.75) is 18.0 Å². The first-order valence-corrected chi connectivity index (χ1v) is 8.73. The quantitative estimate of drug-likeness (QED) is 0.869. The van der Waals surface area contributed by atoms with E-state index in [2.05, 4.69) is 14.7 Å². The first kappa shape index (κ1) is 16.7. The Hall–Kier alpha value is -2.10. The second-order valence-corrected chi connectivity index (χ2v) is 7.32. The van der Waals surface area contributed by atoms with Gasteiger partial charge in [-0.15, -0.1) is 0 Å². The second-order valence-electron chi connectivity index (χ2n) is 5.14. The third-order valence-electron chi connectivity index (χ3n) is 3.55. The minimum Gasteiger partial charge on any atom is -0.331 e. The fourth-order valence-corrected chi connectivity index (χ4v) is 3.52. The molecule has 0 bridgehead atoms. The summed E-state index contributed by atoms with van der Waals surface area (Å²) in [4.78, 5) is 21.4. The summed E-state index contributed by atoms with van der Waals surface area (Å²) in [6.07, 6.45) is 3.02. The summed E-state index contributed by atoms with van der Waals surface area (Å²) in [6, 6.07) is 3.02. The summed E-state index contributed by atoms with van der Waals surface area (Å²) in [6.45, 7) is 0.221. The van der Waals surface area contributed by atoms with Crippen LogP contribution in [0.4, 0.5) is 4.39 Å². The molecule has 3 rings (SSSR count). The van der Waals surface area contributed by atoms with Crippen LogP contribution in [0.5, 0.6) is 0 Å². The lowest BCUT2D eigenvalue weighted by molar-refractivity contribution is -0.130. The number of hydrogen-bond donors (Lipinski definition) is 1. The Morgan fingerprint density at radius 2 is 2.17 bits per heavy atom. The van der Waals surface area contributed by atoms with Gasteiger partial charge in [-0.1, -0.05) is 11.6 Å². The molecule has 1 N–H and O–H groups in total. The maximum atomic E-state index is 13.1. The van der Waals surface area contributed by atoms with Crippen molar-refractivity contribution in [2.24, 2.45) is 0 Å². The zero-order chi connectivity index (χ0) is 17.3. The molecule has 0 radical (unpaired) electrons. The Kier molecular flexibility index (Phi) is 4.48. The molecule has 2 aromatic rings. The minimum atomic E-state index is -3.97. The summed E-state index contributed by atoms with van der Waals surface area (Å²) >= 11 is 5.58. The number of fused-ring (bicyclic) bond motifs is 1. The number of rotatable bonds is 4. The van der Waals surface area contributed by atoms with Crippen molar-refractivity contribution in [1.82, 2.24) is 19.6 Å². The molecule has 10 heteroatoms. The summed E-state index contributed by atoms with van der Waals surface area (Å²) in [5.41, 5.74) is 1.57.